The summed E-state index contributed by atoms with van der Waals surface area (Å²) >= 11 is 1.36. The molecule has 1 amide bonds. The molecule has 1 atom stereocenters. The fourth-order valence-corrected chi connectivity index (χ4v) is 2.95. The molecule has 2 heterocycles. The van der Waals surface area contributed by atoms with Crippen LogP contribution in [-0.2, 0) is 4.74 Å². The Morgan fingerprint density at radius 1 is 1.50 bits per heavy atom. The Morgan fingerprint density at radius 3 is 2.82 bits per heavy atom. The topological polar surface area (TPSA) is 62.7 Å². The monoisotopic (exact) mass is 325 g/mol. The molecule has 2 rings (SSSR count). The molecule has 0 N–H and O–H groups in total. The Hall–Kier alpha value is -1.47. The van der Waals surface area contributed by atoms with E-state index in [0.717, 1.165) is 6.42 Å². The Kier molecular flexibility index (Phi) is 5.18. The average molecular weight is 325 g/mol. The van der Waals surface area contributed by atoms with E-state index in [-0.39, 0.29) is 17.9 Å². The number of ether oxygens (including phenoxy) is 1. The molecule has 22 heavy (non-hydrogen) atoms. The molecule has 1 aromatic heterocycles. The van der Waals surface area contributed by atoms with Gasteiger partial charge < -0.3 is 9.64 Å². The van der Waals surface area contributed by atoms with Crippen molar-refractivity contribution < 1.29 is 14.3 Å². The summed E-state index contributed by atoms with van der Waals surface area (Å²) in [6.07, 6.45) is 2.20. The molecular weight excluding hydrogens is 302 g/mol. The van der Waals surface area contributed by atoms with Crippen molar-refractivity contribution in [2.75, 3.05) is 26.7 Å². The van der Waals surface area contributed by atoms with Gasteiger partial charge in [-0.1, -0.05) is 0 Å². The third-order valence-electron chi connectivity index (χ3n) is 3.50. The Labute approximate surface area is 135 Å². The summed E-state index contributed by atoms with van der Waals surface area (Å²) in [5, 5.41) is 2.33. The molecule has 1 aliphatic heterocycles. The predicted molar refractivity (Wildman–Crippen MR) is 85.3 cm³/mol. The lowest BCUT2D eigenvalue weighted by Gasteiger charge is -2.26. The van der Waals surface area contributed by atoms with E-state index in [2.05, 4.69) is 4.98 Å². The fourth-order valence-electron chi connectivity index (χ4n) is 2.38. The highest BCUT2D eigenvalue weighted by Crippen LogP contribution is 2.18. The summed E-state index contributed by atoms with van der Waals surface area (Å²) in [4.78, 5) is 31.9. The Bertz CT molecular complexity index is 525. The molecule has 1 aliphatic rings. The lowest BCUT2D eigenvalue weighted by atomic mass is 10.2. The molecule has 1 unspecified atom stereocenters. The molecule has 0 aromatic carbocycles. The van der Waals surface area contributed by atoms with Crippen molar-refractivity contribution in [1.82, 2.24) is 14.8 Å². The van der Waals surface area contributed by atoms with Crippen LogP contribution in [0.5, 0.6) is 0 Å². The van der Waals surface area contributed by atoms with E-state index in [1.165, 1.54) is 11.3 Å². The largest absolute Gasteiger partial charge is 0.444 e. The van der Waals surface area contributed by atoms with Crippen molar-refractivity contribution in [3.05, 3.63) is 16.6 Å². The van der Waals surface area contributed by atoms with Gasteiger partial charge in [0.15, 0.2) is 5.01 Å². The molecule has 6 nitrogen and oxygen atoms in total. The number of nitrogens with zero attached hydrogens (tertiary/aromatic N) is 3. The van der Waals surface area contributed by atoms with Gasteiger partial charge in [0, 0.05) is 30.7 Å². The van der Waals surface area contributed by atoms with Crippen LogP contribution in [0.15, 0.2) is 11.6 Å². The fraction of sp³-hybridized carbons (Fsp3) is 0.667. The minimum atomic E-state index is -0.484. The molecule has 0 saturated carbocycles. The highest BCUT2D eigenvalue weighted by Gasteiger charge is 2.32. The number of amides is 1. The summed E-state index contributed by atoms with van der Waals surface area (Å²) in [6.45, 7) is 7.15. The maximum atomic E-state index is 12.1. The van der Waals surface area contributed by atoms with E-state index in [4.69, 9.17) is 4.74 Å². The second kappa shape index (κ2) is 6.75. The van der Waals surface area contributed by atoms with Crippen LogP contribution in [0.4, 0.5) is 4.79 Å². The second-order valence-corrected chi connectivity index (χ2v) is 7.44. The number of aromatic nitrogens is 1. The van der Waals surface area contributed by atoms with Crippen LogP contribution in [0.2, 0.25) is 0 Å². The summed E-state index contributed by atoms with van der Waals surface area (Å²) in [6, 6.07) is 0.177. The lowest BCUT2D eigenvalue weighted by Crippen LogP contribution is -2.40. The number of Topliss-reactive ketones (excluding diaryl/α,β-unsaturated/α-hetero) is 1. The first-order valence-corrected chi connectivity index (χ1v) is 8.25. The van der Waals surface area contributed by atoms with Crippen LogP contribution >= 0.6 is 11.3 Å². The summed E-state index contributed by atoms with van der Waals surface area (Å²) < 4.78 is 5.38. The second-order valence-electron chi connectivity index (χ2n) is 6.54. The van der Waals surface area contributed by atoms with Gasteiger partial charge in [0.2, 0.25) is 5.78 Å². The van der Waals surface area contributed by atoms with Crippen LogP contribution in [0.25, 0.3) is 0 Å². The third kappa shape index (κ3) is 4.51. The highest BCUT2D eigenvalue weighted by molar-refractivity contribution is 7.11. The molecule has 0 aliphatic carbocycles. The number of carbonyl (C=O) groups excluding carboxylic acids is 2. The molecule has 0 spiro atoms. The van der Waals surface area contributed by atoms with Crippen LogP contribution in [0, 0.1) is 0 Å². The van der Waals surface area contributed by atoms with E-state index < -0.39 is 5.60 Å². The van der Waals surface area contributed by atoms with Gasteiger partial charge >= 0.3 is 6.09 Å². The molecule has 1 aromatic rings. The zero-order valence-electron chi connectivity index (χ0n) is 13.5. The smallest absolute Gasteiger partial charge is 0.410 e. The normalized spacial score (nSPS) is 18.8. The Balaban J connectivity index is 1.84. The maximum Gasteiger partial charge on any atom is 0.410 e. The van der Waals surface area contributed by atoms with E-state index in [1.807, 2.05) is 32.7 Å². The first-order chi connectivity index (χ1) is 10.3. The number of thiazole rings is 1. The van der Waals surface area contributed by atoms with Gasteiger partial charge in [-0.2, -0.15) is 0 Å². The van der Waals surface area contributed by atoms with Gasteiger partial charge in [0.05, 0.1) is 6.54 Å². The first-order valence-electron chi connectivity index (χ1n) is 7.37. The van der Waals surface area contributed by atoms with Gasteiger partial charge in [-0.15, -0.1) is 11.3 Å². The minimum Gasteiger partial charge on any atom is -0.444 e. The average Bonchev–Trinajstić information content (AvgIpc) is 3.08. The van der Waals surface area contributed by atoms with Crippen molar-refractivity contribution in [2.24, 2.45) is 0 Å². The zero-order valence-corrected chi connectivity index (χ0v) is 14.4. The highest BCUT2D eigenvalue weighted by atomic mass is 32.1. The minimum absolute atomic E-state index is 0.0215. The van der Waals surface area contributed by atoms with Crippen molar-refractivity contribution in [1.29, 1.82) is 0 Å². The molecule has 122 valence electrons. The zero-order chi connectivity index (χ0) is 16.3. The number of likely N-dealkylation sites (tertiary alicyclic amines) is 1. The molecule has 0 radical (unpaired) electrons. The SMILES string of the molecule is CN(CC(=O)c1nccs1)C1CCN(C(=O)OC(C)(C)C)C1. The summed E-state index contributed by atoms with van der Waals surface area (Å²) in [5.74, 6) is 0.0215. The van der Waals surface area contributed by atoms with E-state index >= 15 is 0 Å². The number of carbonyl (C=O) groups is 2. The number of likely N-dealkylation sites (N-methyl/N-ethyl adjacent to an activating group) is 1. The number of hydrogen-bond donors (Lipinski definition) is 0. The van der Waals surface area contributed by atoms with Gasteiger partial charge in [-0.3, -0.25) is 9.69 Å². The van der Waals surface area contributed by atoms with Crippen molar-refractivity contribution in [3.63, 3.8) is 0 Å². The predicted octanol–water partition coefficient (Wildman–Crippen LogP) is 2.27. The van der Waals surface area contributed by atoms with Crippen LogP contribution < -0.4 is 0 Å². The quantitative estimate of drug-likeness (QED) is 0.795. The maximum absolute atomic E-state index is 12.1. The lowest BCUT2D eigenvalue weighted by molar-refractivity contribution is 0.0283. The molecule has 0 bridgehead atoms. The molecular formula is C15H23N3O3S. The van der Waals surface area contributed by atoms with Gasteiger partial charge in [-0.25, -0.2) is 9.78 Å². The first kappa shape index (κ1) is 16.9. The third-order valence-corrected chi connectivity index (χ3v) is 4.32. The van der Waals surface area contributed by atoms with Crippen LogP contribution in [0.1, 0.15) is 37.0 Å². The standard InChI is InChI=1S/C15H23N3O3S/c1-15(2,3)21-14(20)18-7-5-11(9-18)17(4)10-12(19)13-16-6-8-22-13/h6,8,11H,5,7,9-10H2,1-4H3. The summed E-state index contributed by atoms with van der Waals surface area (Å²) in [7, 11) is 1.91. The summed E-state index contributed by atoms with van der Waals surface area (Å²) in [5.41, 5.74) is -0.484. The molecule has 1 saturated heterocycles. The van der Waals surface area contributed by atoms with Crippen molar-refractivity contribution in [3.8, 4) is 0 Å². The molecule has 7 heteroatoms. The van der Waals surface area contributed by atoms with Gasteiger partial charge in [0.1, 0.15) is 5.60 Å². The number of ketones is 1. The van der Waals surface area contributed by atoms with E-state index in [0.29, 0.717) is 24.6 Å². The Morgan fingerprint density at radius 2 is 2.23 bits per heavy atom. The van der Waals surface area contributed by atoms with Crippen LogP contribution in [0.3, 0.4) is 0 Å². The van der Waals surface area contributed by atoms with E-state index in [1.54, 1.807) is 16.5 Å². The molecule has 1 fully saturated rings. The number of hydrogen-bond acceptors (Lipinski definition) is 6. The van der Waals surface area contributed by atoms with Crippen molar-refractivity contribution >= 4 is 23.2 Å². The van der Waals surface area contributed by atoms with Gasteiger partial charge in [-0.05, 0) is 34.2 Å². The van der Waals surface area contributed by atoms with E-state index in [9.17, 15) is 9.59 Å². The van der Waals surface area contributed by atoms with Crippen molar-refractivity contribution in [2.45, 2.75) is 38.8 Å². The van der Waals surface area contributed by atoms with Gasteiger partial charge in [0.25, 0.3) is 0 Å². The van der Waals surface area contributed by atoms with Crippen LogP contribution in [-0.4, -0.2) is 65.0 Å². The number of rotatable bonds is 4.